The van der Waals surface area contributed by atoms with Gasteiger partial charge in [0.15, 0.2) is 6.79 Å². The summed E-state index contributed by atoms with van der Waals surface area (Å²) in [6, 6.07) is 0. The number of fused-ring (bicyclic) bond motifs is 1. The topological polar surface area (TPSA) is 66.4 Å². The van der Waals surface area contributed by atoms with E-state index in [1.165, 1.54) is 7.11 Å². The summed E-state index contributed by atoms with van der Waals surface area (Å²) in [5.41, 5.74) is 0. The van der Waals surface area contributed by atoms with Crippen LogP contribution in [0.2, 0.25) is 0 Å². The molecule has 0 saturated carbocycles. The van der Waals surface area contributed by atoms with Crippen molar-refractivity contribution in [3.63, 3.8) is 0 Å². The molecule has 2 aliphatic heterocycles. The summed E-state index contributed by atoms with van der Waals surface area (Å²) in [6.45, 7) is 1.38. The van der Waals surface area contributed by atoms with Gasteiger partial charge < -0.3 is 24.1 Å². The molecule has 7 heteroatoms. The van der Waals surface area contributed by atoms with E-state index in [1.807, 2.05) is 0 Å². The number of aliphatic hydroxyl groups is 1. The van der Waals surface area contributed by atoms with Crippen LogP contribution in [0.25, 0.3) is 0 Å². The molecule has 0 radical (unpaired) electrons. The molecule has 0 unspecified atom stereocenters. The van der Waals surface area contributed by atoms with Gasteiger partial charge in [0.1, 0.15) is 19.0 Å². The van der Waals surface area contributed by atoms with Gasteiger partial charge in [-0.2, -0.15) is 0 Å². The third-order valence-electron chi connectivity index (χ3n) is 2.38. The molecule has 16 heavy (non-hydrogen) atoms. The third kappa shape index (κ3) is 4.17. The summed E-state index contributed by atoms with van der Waals surface area (Å²) in [5, 5.41) is 7.65. The van der Waals surface area contributed by atoms with Gasteiger partial charge >= 0.3 is 0 Å². The molecule has 2 aliphatic rings. The second-order valence-electron chi connectivity index (χ2n) is 3.37. The van der Waals surface area contributed by atoms with Gasteiger partial charge in [-0.05, 0) is 19.3 Å². The quantitative estimate of drug-likeness (QED) is 0.417. The minimum atomic E-state index is -0.181. The molecule has 2 rings (SSSR count). The Balaban J connectivity index is 0.000000280. The van der Waals surface area contributed by atoms with Crippen molar-refractivity contribution < 1.29 is 28.2 Å². The lowest BCUT2D eigenvalue weighted by atomic mass is 10.1. The fourth-order valence-electron chi connectivity index (χ4n) is 1.69. The molecule has 96 valence electrons. The molecule has 3 atom stereocenters. The SMILES string of the molecule is COCO.SOCO[C@H]1CO[C@@H]2CCO[C@H]12. The number of aliphatic hydroxyl groups excluding tert-OH is 1. The Labute approximate surface area is 100 Å². The Morgan fingerprint density at radius 1 is 1.44 bits per heavy atom. The maximum Gasteiger partial charge on any atom is 0.160 e. The van der Waals surface area contributed by atoms with Crippen LogP contribution < -0.4 is 0 Å². The number of hydrogen-bond donors (Lipinski definition) is 2. The molecule has 0 amide bonds. The van der Waals surface area contributed by atoms with Gasteiger partial charge in [0.05, 0.1) is 12.7 Å². The molecular formula is C9H18O6S. The first-order chi connectivity index (χ1) is 7.83. The molecule has 0 aliphatic carbocycles. The second-order valence-corrected chi connectivity index (χ2v) is 3.62. The fraction of sp³-hybridized carbons (Fsp3) is 1.00. The maximum atomic E-state index is 7.65. The number of thiol groups is 1. The van der Waals surface area contributed by atoms with Crippen molar-refractivity contribution in [2.45, 2.75) is 24.7 Å². The van der Waals surface area contributed by atoms with Crippen LogP contribution in [-0.4, -0.2) is 57.3 Å². The molecule has 0 bridgehead atoms. The van der Waals surface area contributed by atoms with Crippen molar-refractivity contribution in [3.8, 4) is 0 Å². The highest BCUT2D eigenvalue weighted by Crippen LogP contribution is 2.28. The van der Waals surface area contributed by atoms with Crippen LogP contribution in [0.4, 0.5) is 0 Å². The Kier molecular flexibility index (Phi) is 7.30. The van der Waals surface area contributed by atoms with E-state index in [9.17, 15) is 0 Å². The summed E-state index contributed by atoms with van der Waals surface area (Å²) in [4.78, 5) is 0. The lowest BCUT2D eigenvalue weighted by molar-refractivity contribution is -0.0748. The standard InChI is InChI=1S/C7H12O4S.C2H6O2/c12-11-4-10-6-3-9-5-1-2-8-7(5)6;1-4-2-3/h5-7,12H,1-4H2;3H,2H2,1H3/t5-,6+,7+;/m1./s1. The van der Waals surface area contributed by atoms with Crippen molar-refractivity contribution in [3.05, 3.63) is 0 Å². The zero-order valence-corrected chi connectivity index (χ0v) is 10.1. The Morgan fingerprint density at radius 2 is 2.19 bits per heavy atom. The largest absolute Gasteiger partial charge is 0.373 e. The molecule has 0 aromatic rings. The molecule has 2 saturated heterocycles. The van der Waals surface area contributed by atoms with Crippen molar-refractivity contribution in [2.75, 3.05) is 33.9 Å². The third-order valence-corrected chi connectivity index (χ3v) is 2.49. The van der Waals surface area contributed by atoms with Crippen molar-refractivity contribution in [1.29, 1.82) is 0 Å². The average Bonchev–Trinajstić information content (AvgIpc) is 2.90. The summed E-state index contributed by atoms with van der Waals surface area (Å²) < 4.78 is 24.8. The zero-order chi connectivity index (χ0) is 11.8. The van der Waals surface area contributed by atoms with E-state index in [2.05, 4.69) is 21.8 Å². The number of methoxy groups -OCH3 is 1. The average molecular weight is 254 g/mol. The highest BCUT2D eigenvalue weighted by Gasteiger charge is 2.42. The van der Waals surface area contributed by atoms with E-state index < -0.39 is 0 Å². The minimum Gasteiger partial charge on any atom is -0.373 e. The van der Waals surface area contributed by atoms with Gasteiger partial charge in [0, 0.05) is 13.7 Å². The summed E-state index contributed by atoms with van der Waals surface area (Å²) in [7, 11) is 1.43. The number of rotatable bonds is 4. The highest BCUT2D eigenvalue weighted by atomic mass is 32.1. The maximum absolute atomic E-state index is 7.65. The first-order valence-electron chi connectivity index (χ1n) is 5.04. The van der Waals surface area contributed by atoms with Crippen molar-refractivity contribution >= 4 is 12.9 Å². The van der Waals surface area contributed by atoms with E-state index in [0.717, 1.165) is 13.0 Å². The van der Waals surface area contributed by atoms with E-state index in [0.29, 0.717) is 6.61 Å². The zero-order valence-electron chi connectivity index (χ0n) is 9.20. The van der Waals surface area contributed by atoms with Gasteiger partial charge in [-0.15, -0.1) is 0 Å². The molecule has 6 nitrogen and oxygen atoms in total. The predicted molar refractivity (Wildman–Crippen MR) is 58.0 cm³/mol. The monoisotopic (exact) mass is 254 g/mol. The molecule has 0 aromatic carbocycles. The molecule has 2 fully saturated rings. The first kappa shape index (κ1) is 14.2. The normalized spacial score (nSPS) is 32.1. The highest BCUT2D eigenvalue weighted by molar-refractivity contribution is 7.75. The molecule has 0 aromatic heterocycles. The Bertz CT molecular complexity index is 179. The number of hydrogen-bond acceptors (Lipinski definition) is 7. The lowest BCUT2D eigenvalue weighted by Gasteiger charge is -2.15. The Morgan fingerprint density at radius 3 is 2.81 bits per heavy atom. The summed E-state index contributed by atoms with van der Waals surface area (Å²) in [6.07, 6.45) is 1.33. The minimum absolute atomic E-state index is 0.0182. The van der Waals surface area contributed by atoms with Crippen LogP contribution >= 0.6 is 12.9 Å². The molecular weight excluding hydrogens is 236 g/mol. The predicted octanol–water partition coefficient (Wildman–Crippen LogP) is -0.0392. The van der Waals surface area contributed by atoms with Crippen LogP contribution in [0.1, 0.15) is 6.42 Å². The lowest BCUT2D eigenvalue weighted by Crippen LogP contribution is -2.30. The van der Waals surface area contributed by atoms with E-state index in [4.69, 9.17) is 19.3 Å². The van der Waals surface area contributed by atoms with Gasteiger partial charge in [-0.3, -0.25) is 4.18 Å². The first-order valence-corrected chi connectivity index (χ1v) is 5.41. The van der Waals surface area contributed by atoms with Crippen molar-refractivity contribution in [2.24, 2.45) is 0 Å². The van der Waals surface area contributed by atoms with Crippen LogP contribution in [0.3, 0.4) is 0 Å². The van der Waals surface area contributed by atoms with Crippen LogP contribution in [0.5, 0.6) is 0 Å². The summed E-state index contributed by atoms with van der Waals surface area (Å²) in [5.74, 6) is 0. The molecule has 2 heterocycles. The summed E-state index contributed by atoms with van der Waals surface area (Å²) >= 11 is 3.58. The van der Waals surface area contributed by atoms with Crippen LogP contribution in [0.15, 0.2) is 0 Å². The van der Waals surface area contributed by atoms with E-state index >= 15 is 0 Å². The van der Waals surface area contributed by atoms with Gasteiger partial charge in [-0.25, -0.2) is 0 Å². The molecule has 1 N–H and O–H groups in total. The van der Waals surface area contributed by atoms with E-state index in [-0.39, 0.29) is 31.9 Å². The van der Waals surface area contributed by atoms with Gasteiger partial charge in [0.25, 0.3) is 0 Å². The van der Waals surface area contributed by atoms with Gasteiger partial charge in [0.2, 0.25) is 0 Å². The molecule has 0 spiro atoms. The van der Waals surface area contributed by atoms with Crippen molar-refractivity contribution in [1.82, 2.24) is 0 Å². The van der Waals surface area contributed by atoms with Gasteiger partial charge in [-0.1, -0.05) is 0 Å². The van der Waals surface area contributed by atoms with Crippen LogP contribution in [0, 0.1) is 0 Å². The smallest absolute Gasteiger partial charge is 0.160 e. The number of ether oxygens (including phenoxy) is 4. The van der Waals surface area contributed by atoms with Crippen LogP contribution in [-0.2, 0) is 23.1 Å². The second kappa shape index (κ2) is 8.24. The van der Waals surface area contributed by atoms with E-state index in [1.54, 1.807) is 0 Å². The Hall–Kier alpha value is 0.110. The fourth-order valence-corrected chi connectivity index (χ4v) is 1.75.